The summed E-state index contributed by atoms with van der Waals surface area (Å²) in [6, 6.07) is 11.2. The zero-order valence-corrected chi connectivity index (χ0v) is 19.4. The van der Waals surface area contributed by atoms with E-state index < -0.39 is 11.9 Å². The molecule has 1 aromatic heterocycles. The number of hydrogen-bond acceptors (Lipinski definition) is 5. The molecule has 3 aromatic rings. The first-order chi connectivity index (χ1) is 16.0. The Labute approximate surface area is 197 Å². The van der Waals surface area contributed by atoms with Crippen LogP contribution in [0.15, 0.2) is 41.9 Å². The third-order valence-corrected chi connectivity index (χ3v) is 7.26. The fraction of sp³-hybridized carbons (Fsp3) is 0.346. The summed E-state index contributed by atoms with van der Waals surface area (Å²) in [5.41, 5.74) is 9.58. The predicted octanol–water partition coefficient (Wildman–Crippen LogP) is 4.18. The zero-order valence-electron chi connectivity index (χ0n) is 18.6. The zero-order chi connectivity index (χ0) is 23.4. The number of aromatic carboxylic acids is 1. The van der Waals surface area contributed by atoms with Crippen LogP contribution in [0.3, 0.4) is 0 Å². The largest absolute Gasteiger partial charge is 0.478 e. The number of carbonyl (C=O) groups excluding carboxylic acids is 1. The fourth-order valence-corrected chi connectivity index (χ4v) is 5.71. The number of carboxylic acid groups (broad SMARTS) is 1. The minimum Gasteiger partial charge on any atom is -0.478 e. The quantitative estimate of drug-likeness (QED) is 0.491. The van der Waals surface area contributed by atoms with Gasteiger partial charge in [0.2, 0.25) is 5.91 Å². The van der Waals surface area contributed by atoms with E-state index in [0.717, 1.165) is 41.3 Å². The topological polar surface area (TPSA) is 96.5 Å². The van der Waals surface area contributed by atoms with Crippen LogP contribution in [0.4, 0.5) is 0 Å². The number of carbonyl (C=O) groups is 2. The van der Waals surface area contributed by atoms with Gasteiger partial charge in [-0.15, -0.1) is 17.3 Å². The van der Waals surface area contributed by atoms with Crippen molar-refractivity contribution in [3.05, 3.63) is 63.6 Å². The second-order valence-electron chi connectivity index (χ2n) is 8.29. The molecule has 1 aliphatic carbocycles. The average Bonchev–Trinajstić information content (AvgIpc) is 3.28. The number of amides is 1. The number of benzene rings is 2. The van der Waals surface area contributed by atoms with Crippen molar-refractivity contribution in [1.29, 1.82) is 0 Å². The molecule has 2 unspecified atom stereocenters. The number of rotatable bonds is 8. The number of aryl methyl sites for hydroxylation is 1. The number of thiazole rings is 1. The van der Waals surface area contributed by atoms with Crippen LogP contribution < -0.4 is 5.73 Å². The average molecular weight is 462 g/mol. The summed E-state index contributed by atoms with van der Waals surface area (Å²) in [4.78, 5) is 32.2. The molecule has 33 heavy (non-hydrogen) atoms. The third kappa shape index (κ3) is 4.92. The van der Waals surface area contributed by atoms with Gasteiger partial charge >= 0.3 is 5.97 Å². The number of fused-ring (bicyclic) bond motifs is 2. The maximum absolute atomic E-state index is 12.3. The molecule has 1 amide bonds. The lowest BCUT2D eigenvalue weighted by Gasteiger charge is -2.39. The molecule has 7 heteroatoms. The normalized spacial score (nSPS) is 16.1. The predicted molar refractivity (Wildman–Crippen MR) is 130 cm³/mol. The van der Waals surface area contributed by atoms with E-state index in [9.17, 15) is 14.7 Å². The first-order valence-electron chi connectivity index (χ1n) is 11.1. The summed E-state index contributed by atoms with van der Waals surface area (Å²) in [6.07, 6.45) is 3.22. The number of aromatic nitrogens is 1. The summed E-state index contributed by atoms with van der Waals surface area (Å²) in [6.45, 7) is 2.29. The lowest BCUT2D eigenvalue weighted by molar-refractivity contribution is -0.118. The van der Waals surface area contributed by atoms with Crippen molar-refractivity contribution in [2.24, 2.45) is 5.73 Å². The van der Waals surface area contributed by atoms with Gasteiger partial charge in [0.15, 0.2) is 0 Å². The highest BCUT2D eigenvalue weighted by Gasteiger charge is 2.34. The second kappa shape index (κ2) is 10.2. The van der Waals surface area contributed by atoms with Gasteiger partial charge in [-0.1, -0.05) is 36.3 Å². The maximum atomic E-state index is 12.3. The Morgan fingerprint density at radius 2 is 2.12 bits per heavy atom. The van der Waals surface area contributed by atoms with Crippen LogP contribution in [-0.2, 0) is 17.6 Å². The van der Waals surface area contributed by atoms with E-state index in [1.807, 2.05) is 35.8 Å². The van der Waals surface area contributed by atoms with Crippen molar-refractivity contribution in [1.82, 2.24) is 9.88 Å². The maximum Gasteiger partial charge on any atom is 0.336 e. The molecule has 3 N–H and O–H groups in total. The van der Waals surface area contributed by atoms with Crippen LogP contribution >= 0.6 is 11.3 Å². The Kier molecular flexibility index (Phi) is 7.07. The Morgan fingerprint density at radius 3 is 2.88 bits per heavy atom. The SMILES string of the molecule is CC#CCN(C1CCc2ncsc2C1)C(CCC(N)=O)c1c(C(=O)O)ccc2ccccc12. The number of nitrogens with zero attached hydrogens (tertiary/aromatic N) is 2. The molecule has 0 bridgehead atoms. The van der Waals surface area contributed by atoms with E-state index in [0.29, 0.717) is 13.0 Å². The van der Waals surface area contributed by atoms with E-state index in [4.69, 9.17) is 5.73 Å². The molecule has 1 heterocycles. The van der Waals surface area contributed by atoms with Crippen molar-refractivity contribution in [2.75, 3.05) is 6.54 Å². The molecule has 0 radical (unpaired) electrons. The van der Waals surface area contributed by atoms with Crippen LogP contribution in [0.25, 0.3) is 10.8 Å². The van der Waals surface area contributed by atoms with Gasteiger partial charge in [0.25, 0.3) is 0 Å². The molecule has 1 aliphatic rings. The molecular weight excluding hydrogens is 434 g/mol. The standard InChI is InChI=1S/C26H27N3O3S/c1-2-3-14-29(18-9-11-21-23(15-18)33-16-28-21)22(12-13-24(27)30)25-19-7-5-4-6-17(19)8-10-20(25)26(31)32/h4-8,10,16,18,22H,9,11-15H2,1H3,(H2,27,30)(H,31,32). The van der Waals surface area contributed by atoms with Gasteiger partial charge in [0, 0.05) is 23.4 Å². The van der Waals surface area contributed by atoms with Crippen LogP contribution in [0.1, 0.15) is 58.7 Å². The van der Waals surface area contributed by atoms with Crippen LogP contribution in [0, 0.1) is 11.8 Å². The van der Waals surface area contributed by atoms with E-state index in [1.165, 1.54) is 4.88 Å². The molecule has 0 spiro atoms. The highest BCUT2D eigenvalue weighted by Crippen LogP contribution is 2.38. The van der Waals surface area contributed by atoms with Gasteiger partial charge in [-0.05, 0) is 55.0 Å². The molecule has 4 rings (SSSR count). The minimum atomic E-state index is -0.977. The Balaban J connectivity index is 1.86. The first-order valence-corrected chi connectivity index (χ1v) is 12.0. The van der Waals surface area contributed by atoms with Crippen LogP contribution in [0.5, 0.6) is 0 Å². The first kappa shape index (κ1) is 23.0. The molecule has 0 fully saturated rings. The van der Waals surface area contributed by atoms with E-state index in [-0.39, 0.29) is 24.1 Å². The summed E-state index contributed by atoms with van der Waals surface area (Å²) in [7, 11) is 0. The smallest absolute Gasteiger partial charge is 0.336 e. The van der Waals surface area contributed by atoms with Gasteiger partial charge in [0.1, 0.15) is 0 Å². The van der Waals surface area contributed by atoms with E-state index in [2.05, 4.69) is 21.7 Å². The van der Waals surface area contributed by atoms with Gasteiger partial charge in [-0.25, -0.2) is 9.78 Å². The molecule has 2 atom stereocenters. The van der Waals surface area contributed by atoms with Crippen molar-refractivity contribution in [3.63, 3.8) is 0 Å². The highest BCUT2D eigenvalue weighted by molar-refractivity contribution is 7.09. The molecule has 0 saturated heterocycles. The van der Waals surface area contributed by atoms with Gasteiger partial charge in [-0.2, -0.15) is 0 Å². The van der Waals surface area contributed by atoms with Crippen molar-refractivity contribution in [3.8, 4) is 11.8 Å². The van der Waals surface area contributed by atoms with Crippen LogP contribution in [0.2, 0.25) is 0 Å². The summed E-state index contributed by atoms with van der Waals surface area (Å²) in [5.74, 6) is 4.81. The summed E-state index contributed by atoms with van der Waals surface area (Å²) >= 11 is 1.66. The number of nitrogens with two attached hydrogens (primary N) is 1. The molecule has 0 aliphatic heterocycles. The molecule has 2 aromatic carbocycles. The lowest BCUT2D eigenvalue weighted by atomic mass is 9.87. The molecular formula is C26H27N3O3S. The number of primary amides is 1. The number of carboxylic acids is 1. The highest BCUT2D eigenvalue weighted by atomic mass is 32.1. The minimum absolute atomic E-state index is 0.164. The van der Waals surface area contributed by atoms with Crippen LogP contribution in [-0.4, -0.2) is 39.5 Å². The van der Waals surface area contributed by atoms with Gasteiger partial charge < -0.3 is 10.8 Å². The molecule has 170 valence electrons. The van der Waals surface area contributed by atoms with E-state index >= 15 is 0 Å². The Hall–Kier alpha value is -3.21. The van der Waals surface area contributed by atoms with Gasteiger partial charge in [-0.3, -0.25) is 9.69 Å². The molecule has 0 saturated carbocycles. The number of hydrogen-bond donors (Lipinski definition) is 2. The molecule has 6 nitrogen and oxygen atoms in total. The van der Waals surface area contributed by atoms with Crippen molar-refractivity contribution in [2.45, 2.75) is 51.1 Å². The van der Waals surface area contributed by atoms with E-state index in [1.54, 1.807) is 24.3 Å². The lowest BCUT2D eigenvalue weighted by Crippen LogP contribution is -2.42. The summed E-state index contributed by atoms with van der Waals surface area (Å²) < 4.78 is 0. The van der Waals surface area contributed by atoms with Crippen molar-refractivity contribution >= 4 is 34.0 Å². The Morgan fingerprint density at radius 1 is 1.30 bits per heavy atom. The fourth-order valence-electron chi connectivity index (χ4n) is 4.83. The summed E-state index contributed by atoms with van der Waals surface area (Å²) in [5, 5.41) is 11.9. The third-order valence-electron chi connectivity index (χ3n) is 6.37. The van der Waals surface area contributed by atoms with Crippen molar-refractivity contribution < 1.29 is 14.7 Å². The monoisotopic (exact) mass is 461 g/mol. The Bertz CT molecular complexity index is 1240. The van der Waals surface area contributed by atoms with Gasteiger partial charge in [0.05, 0.1) is 23.3 Å². The second-order valence-corrected chi connectivity index (χ2v) is 9.23.